The maximum atomic E-state index is 10.3. The van der Waals surface area contributed by atoms with Crippen molar-refractivity contribution >= 4 is 20.9 Å². The van der Waals surface area contributed by atoms with Crippen LogP contribution in [0.3, 0.4) is 0 Å². The average Bonchev–Trinajstić information content (AvgIpc) is 1.87. The molecule has 1 fully saturated rings. The molecule has 0 aromatic rings. The molecule has 42 valence electrons. The molecular weight excluding hydrogens is 132 g/mol. The van der Waals surface area contributed by atoms with Gasteiger partial charge in [0.25, 0.3) is 0 Å². The summed E-state index contributed by atoms with van der Waals surface area (Å²) in [7, 11) is 0.319. The summed E-state index contributed by atoms with van der Waals surface area (Å²) in [6.07, 6.45) is 0.186. The number of rotatable bonds is 0. The average molecular weight is 138 g/mol. The third-order valence-electron chi connectivity index (χ3n) is 0.642. The fourth-order valence-corrected chi connectivity index (χ4v) is 2.67. The lowest BCUT2D eigenvalue weighted by Crippen LogP contribution is -1.99. The fraction of sp³-hybridized carbons (Fsp3) is 1.00. The van der Waals surface area contributed by atoms with Crippen LogP contribution in [0.2, 0.25) is 0 Å². The number of hydrogen-bond donors (Lipinski definition) is 0. The van der Waals surface area contributed by atoms with Crippen LogP contribution >= 0.6 is 10.8 Å². The first-order chi connectivity index (χ1) is 3.29. The highest BCUT2D eigenvalue weighted by molar-refractivity contribution is 8.67. The molecule has 0 aromatic heterocycles. The molecule has 0 aromatic carbocycles. The van der Waals surface area contributed by atoms with E-state index < -0.39 is 10.1 Å². The van der Waals surface area contributed by atoms with Crippen LogP contribution in [0.5, 0.6) is 0 Å². The van der Waals surface area contributed by atoms with Crippen LogP contribution in [0.15, 0.2) is 0 Å². The van der Waals surface area contributed by atoms with E-state index in [-0.39, 0.29) is 6.10 Å². The lowest BCUT2D eigenvalue weighted by molar-refractivity contribution is 0.289. The zero-order chi connectivity index (χ0) is 5.28. The Kier molecular flexibility index (Phi) is 1.72. The van der Waals surface area contributed by atoms with Crippen LogP contribution in [-0.4, -0.2) is 16.1 Å². The van der Waals surface area contributed by atoms with Gasteiger partial charge in [0.05, 0.1) is 6.10 Å². The van der Waals surface area contributed by atoms with E-state index in [9.17, 15) is 4.21 Å². The van der Waals surface area contributed by atoms with Gasteiger partial charge in [-0.25, -0.2) is 4.21 Å². The first kappa shape index (κ1) is 5.59. The van der Waals surface area contributed by atoms with E-state index in [1.54, 1.807) is 0 Å². The first-order valence-electron chi connectivity index (χ1n) is 2.01. The van der Waals surface area contributed by atoms with Gasteiger partial charge in [0, 0.05) is 5.75 Å². The molecular formula is C3H6O2S2. The lowest BCUT2D eigenvalue weighted by atomic mass is 10.5. The monoisotopic (exact) mass is 138 g/mol. The highest BCUT2D eigenvalue weighted by Gasteiger charge is 2.17. The second kappa shape index (κ2) is 2.15. The Hall–Kier alpha value is 0.460. The van der Waals surface area contributed by atoms with E-state index in [2.05, 4.69) is 0 Å². The molecule has 0 N–H and O–H groups in total. The largest absolute Gasteiger partial charge is 0.278 e. The van der Waals surface area contributed by atoms with Crippen LogP contribution in [0, 0.1) is 0 Å². The molecule has 1 rings (SSSR count). The van der Waals surface area contributed by atoms with Gasteiger partial charge in [0.2, 0.25) is 10.1 Å². The summed E-state index contributed by atoms with van der Waals surface area (Å²) in [5, 5.41) is 0. The van der Waals surface area contributed by atoms with Crippen LogP contribution in [-0.2, 0) is 14.3 Å². The van der Waals surface area contributed by atoms with Crippen molar-refractivity contribution < 1.29 is 8.39 Å². The van der Waals surface area contributed by atoms with Crippen molar-refractivity contribution in [3.05, 3.63) is 0 Å². The summed E-state index contributed by atoms with van der Waals surface area (Å²) in [6.45, 7) is 1.91. The molecule has 2 nitrogen and oxygen atoms in total. The third-order valence-corrected chi connectivity index (χ3v) is 3.15. The maximum absolute atomic E-state index is 10.3. The summed E-state index contributed by atoms with van der Waals surface area (Å²) < 4.78 is 15.1. The molecule has 4 heteroatoms. The van der Waals surface area contributed by atoms with Crippen molar-refractivity contribution in [1.29, 1.82) is 0 Å². The van der Waals surface area contributed by atoms with Crippen LogP contribution in [0.4, 0.5) is 0 Å². The summed E-state index contributed by atoms with van der Waals surface area (Å²) in [6, 6.07) is 0. The lowest BCUT2D eigenvalue weighted by Gasteiger charge is -1.90. The van der Waals surface area contributed by atoms with Gasteiger partial charge in [0.15, 0.2) is 0 Å². The van der Waals surface area contributed by atoms with E-state index in [1.165, 1.54) is 10.8 Å². The van der Waals surface area contributed by atoms with Gasteiger partial charge in [-0.2, -0.15) is 0 Å². The van der Waals surface area contributed by atoms with Gasteiger partial charge in [-0.15, -0.1) is 0 Å². The fourth-order valence-electron chi connectivity index (χ4n) is 0.341. The molecule has 1 aliphatic heterocycles. The summed E-state index contributed by atoms with van der Waals surface area (Å²) >= 11 is 0. The first-order valence-corrected chi connectivity index (χ1v) is 4.59. The Balaban J connectivity index is 2.40. The number of hydrogen-bond acceptors (Lipinski definition) is 3. The molecule has 0 amide bonds. The Labute approximate surface area is 48.7 Å². The zero-order valence-corrected chi connectivity index (χ0v) is 5.55. The van der Waals surface area contributed by atoms with Gasteiger partial charge in [-0.05, 0) is 17.7 Å². The highest BCUT2D eigenvalue weighted by Crippen LogP contribution is 2.21. The van der Waals surface area contributed by atoms with Crippen molar-refractivity contribution in [3.63, 3.8) is 0 Å². The maximum Gasteiger partial charge on any atom is 0.219 e. The summed E-state index contributed by atoms with van der Waals surface area (Å²) in [5.41, 5.74) is 0. The van der Waals surface area contributed by atoms with E-state index >= 15 is 0 Å². The molecule has 0 aliphatic carbocycles. The zero-order valence-electron chi connectivity index (χ0n) is 3.92. The van der Waals surface area contributed by atoms with Crippen LogP contribution < -0.4 is 0 Å². The molecule has 0 radical (unpaired) electrons. The predicted octanol–water partition coefficient (Wildman–Crippen LogP) is 0.717. The smallest absolute Gasteiger partial charge is 0.219 e. The normalized spacial score (nSPS) is 41.9. The highest BCUT2D eigenvalue weighted by atomic mass is 33.1. The molecule has 2 atom stereocenters. The molecule has 1 aliphatic rings. The molecule has 0 spiro atoms. The van der Waals surface area contributed by atoms with Gasteiger partial charge in [-0.3, -0.25) is 4.18 Å². The summed E-state index contributed by atoms with van der Waals surface area (Å²) in [5.74, 6) is 0.868. The standard InChI is InChI=1S/C3H6O2S2/c1-3-2-6-7(4)5-3/h3H,2H2,1H3/t3-,7-/m1/s1. The van der Waals surface area contributed by atoms with Crippen molar-refractivity contribution in [2.24, 2.45) is 0 Å². The minimum atomic E-state index is -1.04. The van der Waals surface area contributed by atoms with Crippen molar-refractivity contribution in [3.8, 4) is 0 Å². The SMILES string of the molecule is C[C@@H]1CS[S@](=O)O1. The molecule has 1 saturated heterocycles. The van der Waals surface area contributed by atoms with E-state index in [1.807, 2.05) is 6.92 Å². The van der Waals surface area contributed by atoms with Gasteiger partial charge in [0.1, 0.15) is 0 Å². The Morgan fingerprint density at radius 2 is 2.71 bits per heavy atom. The Bertz CT molecular complexity index is 92.9. The molecule has 7 heavy (non-hydrogen) atoms. The van der Waals surface area contributed by atoms with Crippen LogP contribution in [0.25, 0.3) is 0 Å². The van der Waals surface area contributed by atoms with Gasteiger partial charge >= 0.3 is 0 Å². The minimum absolute atomic E-state index is 0.186. The van der Waals surface area contributed by atoms with Gasteiger partial charge in [-0.1, -0.05) is 0 Å². The van der Waals surface area contributed by atoms with Crippen molar-refractivity contribution in [1.82, 2.24) is 0 Å². The molecule has 0 unspecified atom stereocenters. The second-order valence-electron chi connectivity index (χ2n) is 1.40. The van der Waals surface area contributed by atoms with Crippen molar-refractivity contribution in [2.75, 3.05) is 5.75 Å². The second-order valence-corrected chi connectivity index (χ2v) is 4.09. The Morgan fingerprint density at radius 1 is 2.00 bits per heavy atom. The minimum Gasteiger partial charge on any atom is -0.278 e. The van der Waals surface area contributed by atoms with E-state index in [0.717, 1.165) is 5.75 Å². The van der Waals surface area contributed by atoms with Gasteiger partial charge < -0.3 is 0 Å². The molecule has 0 saturated carbocycles. The molecule has 1 heterocycles. The van der Waals surface area contributed by atoms with Crippen LogP contribution in [0.1, 0.15) is 6.92 Å². The van der Waals surface area contributed by atoms with Crippen molar-refractivity contribution in [2.45, 2.75) is 13.0 Å². The van der Waals surface area contributed by atoms with E-state index in [0.29, 0.717) is 0 Å². The topological polar surface area (TPSA) is 26.3 Å². The Morgan fingerprint density at radius 3 is 2.86 bits per heavy atom. The van der Waals surface area contributed by atoms with E-state index in [4.69, 9.17) is 4.18 Å². The molecule has 0 bridgehead atoms. The third kappa shape index (κ3) is 1.44. The summed E-state index contributed by atoms with van der Waals surface area (Å²) in [4.78, 5) is 0. The predicted molar refractivity (Wildman–Crippen MR) is 31.1 cm³/mol. The quantitative estimate of drug-likeness (QED) is 0.461.